The number of aliphatic hydroxyl groups excluding tert-OH is 1. The number of amides is 2. The summed E-state index contributed by atoms with van der Waals surface area (Å²) in [5, 5.41) is 14.4. The number of anilines is 1. The molecular weight excluding hydrogens is 287 g/mol. The molecule has 5 nitrogen and oxygen atoms in total. The van der Waals surface area contributed by atoms with Gasteiger partial charge in [-0.2, -0.15) is 0 Å². The van der Waals surface area contributed by atoms with Gasteiger partial charge < -0.3 is 20.5 Å². The van der Waals surface area contributed by atoms with Crippen LogP contribution in [0.1, 0.15) is 33.6 Å². The first-order chi connectivity index (χ1) is 10.4. The second kappa shape index (κ2) is 8.58. The monoisotopic (exact) mass is 312 g/mol. The number of rotatable bonds is 8. The van der Waals surface area contributed by atoms with Crippen molar-refractivity contribution in [2.24, 2.45) is 5.41 Å². The van der Waals surface area contributed by atoms with Gasteiger partial charge in [-0.25, -0.2) is 9.18 Å². The normalized spacial score (nSPS) is 11.1. The predicted molar refractivity (Wildman–Crippen MR) is 84.7 cm³/mol. The Kier molecular flexibility index (Phi) is 7.11. The third kappa shape index (κ3) is 6.30. The van der Waals surface area contributed by atoms with Crippen LogP contribution in [-0.4, -0.2) is 30.9 Å². The van der Waals surface area contributed by atoms with Gasteiger partial charge in [-0.15, -0.1) is 0 Å². The zero-order chi connectivity index (χ0) is 16.6. The minimum atomic E-state index is -0.510. The Balaban J connectivity index is 2.38. The van der Waals surface area contributed by atoms with E-state index in [1.54, 1.807) is 13.0 Å². The third-order valence-corrected chi connectivity index (χ3v) is 3.23. The minimum Gasteiger partial charge on any atom is -0.491 e. The van der Waals surface area contributed by atoms with Gasteiger partial charge in [-0.05, 0) is 37.3 Å². The van der Waals surface area contributed by atoms with Crippen LogP contribution in [0.25, 0.3) is 0 Å². The first kappa shape index (κ1) is 18.2. The molecule has 0 heterocycles. The molecule has 0 spiro atoms. The molecule has 0 radical (unpaired) electrons. The molecule has 6 heteroatoms. The topological polar surface area (TPSA) is 70.6 Å². The fraction of sp³-hybridized carbons (Fsp3) is 0.562. The van der Waals surface area contributed by atoms with Crippen LogP contribution in [0, 0.1) is 11.2 Å². The van der Waals surface area contributed by atoms with Crippen molar-refractivity contribution in [3.05, 3.63) is 24.0 Å². The quantitative estimate of drug-likeness (QED) is 0.646. The summed E-state index contributed by atoms with van der Waals surface area (Å²) in [6, 6.07) is 3.91. The first-order valence-corrected chi connectivity index (χ1v) is 7.46. The van der Waals surface area contributed by atoms with Crippen molar-refractivity contribution in [3.8, 4) is 5.75 Å². The van der Waals surface area contributed by atoms with E-state index in [-0.39, 0.29) is 23.8 Å². The summed E-state index contributed by atoms with van der Waals surface area (Å²) in [6.07, 6.45) is 1.57. The molecule has 0 bridgehead atoms. The van der Waals surface area contributed by atoms with E-state index in [1.807, 2.05) is 13.8 Å². The number of nitrogens with one attached hydrogen (secondary N) is 2. The zero-order valence-electron chi connectivity index (χ0n) is 13.4. The van der Waals surface area contributed by atoms with Crippen molar-refractivity contribution in [1.29, 1.82) is 0 Å². The van der Waals surface area contributed by atoms with Crippen LogP contribution in [-0.2, 0) is 0 Å². The highest BCUT2D eigenvalue weighted by Crippen LogP contribution is 2.21. The van der Waals surface area contributed by atoms with Gasteiger partial charge in [0.1, 0.15) is 0 Å². The predicted octanol–water partition coefficient (Wildman–Crippen LogP) is 3.14. The van der Waals surface area contributed by atoms with Crippen molar-refractivity contribution in [3.63, 3.8) is 0 Å². The molecule has 0 atom stereocenters. The fourth-order valence-electron chi connectivity index (χ4n) is 1.87. The molecule has 3 N–H and O–H groups in total. The zero-order valence-corrected chi connectivity index (χ0v) is 13.4. The Bertz CT molecular complexity index is 492. The number of carbonyl (C=O) groups excluding carboxylic acids is 1. The smallest absolute Gasteiger partial charge is 0.319 e. The van der Waals surface area contributed by atoms with E-state index in [4.69, 9.17) is 9.84 Å². The van der Waals surface area contributed by atoms with Gasteiger partial charge in [0, 0.05) is 24.9 Å². The maximum absolute atomic E-state index is 13.6. The second-order valence-electron chi connectivity index (χ2n) is 5.88. The molecule has 2 amide bonds. The largest absolute Gasteiger partial charge is 0.491 e. The van der Waals surface area contributed by atoms with Crippen molar-refractivity contribution in [2.45, 2.75) is 33.6 Å². The molecule has 0 saturated carbocycles. The summed E-state index contributed by atoms with van der Waals surface area (Å²) in [4.78, 5) is 11.7. The van der Waals surface area contributed by atoms with Crippen molar-refractivity contribution in [1.82, 2.24) is 5.32 Å². The number of ether oxygens (including phenoxy) is 1. The lowest BCUT2D eigenvalue weighted by molar-refractivity contribution is 0.148. The highest BCUT2D eigenvalue weighted by Gasteiger charge is 2.15. The molecule has 1 aromatic rings. The molecule has 0 fully saturated rings. The van der Waals surface area contributed by atoms with E-state index in [2.05, 4.69) is 10.6 Å². The van der Waals surface area contributed by atoms with Crippen LogP contribution in [0.3, 0.4) is 0 Å². The van der Waals surface area contributed by atoms with Crippen LogP contribution >= 0.6 is 0 Å². The highest BCUT2D eigenvalue weighted by molar-refractivity contribution is 5.89. The van der Waals surface area contributed by atoms with Crippen LogP contribution in [0.4, 0.5) is 14.9 Å². The number of hydrogen-bond acceptors (Lipinski definition) is 3. The molecule has 0 aliphatic rings. The average Bonchev–Trinajstić information content (AvgIpc) is 2.47. The molecule has 0 aliphatic heterocycles. The number of urea groups is 1. The van der Waals surface area contributed by atoms with Gasteiger partial charge in [0.15, 0.2) is 11.6 Å². The Morgan fingerprint density at radius 1 is 1.41 bits per heavy atom. The molecule has 1 rings (SSSR count). The minimum absolute atomic E-state index is 0.116. The van der Waals surface area contributed by atoms with Crippen molar-refractivity contribution in [2.75, 3.05) is 25.1 Å². The molecule has 0 aliphatic carbocycles. The molecule has 0 unspecified atom stereocenters. The lowest BCUT2D eigenvalue weighted by Crippen LogP contribution is -2.30. The lowest BCUT2D eigenvalue weighted by Gasteiger charge is -2.21. The molecule has 124 valence electrons. The number of hydrogen-bond donors (Lipinski definition) is 3. The molecule has 1 aromatic carbocycles. The summed E-state index contributed by atoms with van der Waals surface area (Å²) >= 11 is 0. The molecular formula is C16H25FN2O3. The van der Waals surface area contributed by atoms with E-state index >= 15 is 0 Å². The van der Waals surface area contributed by atoms with Crippen LogP contribution in [0.2, 0.25) is 0 Å². The van der Waals surface area contributed by atoms with Crippen LogP contribution in [0.15, 0.2) is 18.2 Å². The second-order valence-corrected chi connectivity index (χ2v) is 5.88. The number of halogens is 1. The summed E-state index contributed by atoms with van der Waals surface area (Å²) in [5.41, 5.74) is 0.227. The van der Waals surface area contributed by atoms with E-state index in [1.165, 1.54) is 12.1 Å². The van der Waals surface area contributed by atoms with Crippen LogP contribution in [0.5, 0.6) is 5.75 Å². The summed E-state index contributed by atoms with van der Waals surface area (Å²) in [6.45, 7) is 6.70. The lowest BCUT2D eigenvalue weighted by atomic mass is 9.89. The van der Waals surface area contributed by atoms with Crippen LogP contribution < -0.4 is 15.4 Å². The average molecular weight is 312 g/mol. The molecule has 0 saturated heterocycles. The Hall–Kier alpha value is -1.82. The maximum Gasteiger partial charge on any atom is 0.319 e. The van der Waals surface area contributed by atoms with E-state index < -0.39 is 5.82 Å². The van der Waals surface area contributed by atoms with Crippen molar-refractivity contribution >= 4 is 11.7 Å². The number of aliphatic hydroxyl groups is 1. The molecule has 22 heavy (non-hydrogen) atoms. The first-order valence-electron chi connectivity index (χ1n) is 7.46. The maximum atomic E-state index is 13.6. The van der Waals surface area contributed by atoms with Gasteiger partial charge >= 0.3 is 6.03 Å². The van der Waals surface area contributed by atoms with Gasteiger partial charge in [0.05, 0.1) is 6.61 Å². The summed E-state index contributed by atoms with van der Waals surface area (Å²) in [7, 11) is 0. The summed E-state index contributed by atoms with van der Waals surface area (Å²) < 4.78 is 18.7. The van der Waals surface area contributed by atoms with Gasteiger partial charge in [0.25, 0.3) is 0 Å². The van der Waals surface area contributed by atoms with E-state index in [0.29, 0.717) is 18.8 Å². The number of carbonyl (C=O) groups is 1. The highest BCUT2D eigenvalue weighted by atomic mass is 19.1. The van der Waals surface area contributed by atoms with Gasteiger partial charge in [0.2, 0.25) is 0 Å². The SMILES string of the molecule is CCOc1ccc(NC(=O)NCCCC(C)(C)CO)cc1F. The standard InChI is InChI=1S/C16H25FN2O3/c1-4-22-14-7-6-12(10-13(14)17)19-15(21)18-9-5-8-16(2,3)11-20/h6-7,10,20H,4-5,8-9,11H2,1-3H3,(H2,18,19,21). The van der Waals surface area contributed by atoms with E-state index in [9.17, 15) is 9.18 Å². The third-order valence-electron chi connectivity index (χ3n) is 3.23. The summed E-state index contributed by atoms with van der Waals surface area (Å²) in [5.74, 6) is -0.343. The van der Waals surface area contributed by atoms with E-state index in [0.717, 1.165) is 12.8 Å². The molecule has 0 aromatic heterocycles. The Labute approximate surface area is 130 Å². The number of benzene rings is 1. The Morgan fingerprint density at radius 3 is 2.73 bits per heavy atom. The fourth-order valence-corrected chi connectivity index (χ4v) is 1.87. The van der Waals surface area contributed by atoms with Gasteiger partial charge in [-0.3, -0.25) is 0 Å². The van der Waals surface area contributed by atoms with Gasteiger partial charge in [-0.1, -0.05) is 13.8 Å². The van der Waals surface area contributed by atoms with Crippen molar-refractivity contribution < 1.29 is 19.0 Å². The Morgan fingerprint density at radius 2 is 2.14 bits per heavy atom.